The first-order valence-electron chi connectivity index (χ1n) is 8.44. The molecule has 0 spiro atoms. The van der Waals surface area contributed by atoms with E-state index in [1.165, 1.54) is 30.4 Å². The highest BCUT2D eigenvalue weighted by Gasteiger charge is 2.29. The Morgan fingerprint density at radius 1 is 1.31 bits per heavy atom. The molecule has 5 nitrogen and oxygen atoms in total. The molecule has 0 fully saturated rings. The van der Waals surface area contributed by atoms with E-state index in [0.717, 1.165) is 42.2 Å². The van der Waals surface area contributed by atoms with Gasteiger partial charge in [-0.15, -0.1) is 11.3 Å². The molecule has 1 aliphatic rings. The highest BCUT2D eigenvalue weighted by atomic mass is 32.2. The molecule has 0 saturated carbocycles. The van der Waals surface area contributed by atoms with Crippen molar-refractivity contribution in [1.82, 2.24) is 0 Å². The van der Waals surface area contributed by atoms with Gasteiger partial charge in [-0.1, -0.05) is 0 Å². The van der Waals surface area contributed by atoms with Crippen molar-refractivity contribution in [1.29, 1.82) is 0 Å². The zero-order valence-corrected chi connectivity index (χ0v) is 16.2. The van der Waals surface area contributed by atoms with Crippen LogP contribution in [-0.4, -0.2) is 21.0 Å². The van der Waals surface area contributed by atoms with Crippen molar-refractivity contribution < 1.29 is 22.3 Å². The highest BCUT2D eigenvalue weighted by Crippen LogP contribution is 2.39. The smallest absolute Gasteiger partial charge is 0.341 e. The maximum absolute atomic E-state index is 13.4. The number of esters is 1. The van der Waals surface area contributed by atoms with Crippen LogP contribution < -0.4 is 4.72 Å². The standard InChI is InChI=1S/C18H20FNO4S2/c1-3-24-18(21)16-13-6-4-5-7-15(13)25-17(16)20-26(22,23)12-8-9-14(19)11(2)10-12/h8-10,20H,3-7H2,1-2H3. The van der Waals surface area contributed by atoms with Crippen molar-refractivity contribution >= 4 is 32.3 Å². The van der Waals surface area contributed by atoms with Crippen LogP contribution in [0.5, 0.6) is 0 Å². The number of carbonyl (C=O) groups excluding carboxylic acids is 1. The molecule has 1 aliphatic carbocycles. The second-order valence-corrected chi connectivity index (χ2v) is 8.94. The summed E-state index contributed by atoms with van der Waals surface area (Å²) in [4.78, 5) is 13.4. The van der Waals surface area contributed by atoms with Gasteiger partial charge in [-0.05, 0) is 68.9 Å². The lowest BCUT2D eigenvalue weighted by atomic mass is 9.95. The minimum atomic E-state index is -3.94. The van der Waals surface area contributed by atoms with Gasteiger partial charge < -0.3 is 4.74 Å². The van der Waals surface area contributed by atoms with Gasteiger partial charge in [0.15, 0.2) is 0 Å². The maximum atomic E-state index is 13.4. The van der Waals surface area contributed by atoms with E-state index in [1.54, 1.807) is 6.92 Å². The van der Waals surface area contributed by atoms with E-state index in [-0.39, 0.29) is 22.1 Å². The summed E-state index contributed by atoms with van der Waals surface area (Å²) in [7, 11) is -3.94. The van der Waals surface area contributed by atoms with Crippen molar-refractivity contribution in [2.24, 2.45) is 0 Å². The first-order valence-corrected chi connectivity index (χ1v) is 10.7. The number of benzene rings is 1. The molecular weight excluding hydrogens is 377 g/mol. The number of hydrogen-bond acceptors (Lipinski definition) is 5. The number of aryl methyl sites for hydroxylation is 2. The van der Waals surface area contributed by atoms with Gasteiger partial charge in [-0.25, -0.2) is 17.6 Å². The molecule has 26 heavy (non-hydrogen) atoms. The molecule has 3 rings (SSSR count). The van der Waals surface area contributed by atoms with Gasteiger partial charge in [0.25, 0.3) is 10.0 Å². The van der Waals surface area contributed by atoms with E-state index in [4.69, 9.17) is 4.74 Å². The summed E-state index contributed by atoms with van der Waals surface area (Å²) >= 11 is 1.28. The summed E-state index contributed by atoms with van der Waals surface area (Å²) in [5.74, 6) is -0.984. The van der Waals surface area contributed by atoms with Gasteiger partial charge in [0.1, 0.15) is 10.8 Å². The van der Waals surface area contributed by atoms with Gasteiger partial charge in [0.2, 0.25) is 0 Å². The van der Waals surface area contributed by atoms with Crippen molar-refractivity contribution in [2.75, 3.05) is 11.3 Å². The number of rotatable bonds is 5. The summed E-state index contributed by atoms with van der Waals surface area (Å²) in [5, 5.41) is 0.275. The minimum absolute atomic E-state index is 0.0439. The zero-order chi connectivity index (χ0) is 18.9. The lowest BCUT2D eigenvalue weighted by molar-refractivity contribution is 0.0526. The van der Waals surface area contributed by atoms with Crippen LogP contribution in [0.15, 0.2) is 23.1 Å². The van der Waals surface area contributed by atoms with Crippen molar-refractivity contribution in [3.63, 3.8) is 0 Å². The third-order valence-electron chi connectivity index (χ3n) is 4.32. The molecule has 1 aromatic carbocycles. The molecule has 0 aliphatic heterocycles. The number of nitrogens with one attached hydrogen (secondary N) is 1. The molecule has 1 aromatic heterocycles. The van der Waals surface area contributed by atoms with Gasteiger partial charge in [0.05, 0.1) is 17.1 Å². The highest BCUT2D eigenvalue weighted by molar-refractivity contribution is 7.93. The van der Waals surface area contributed by atoms with Crippen LogP contribution in [-0.2, 0) is 27.6 Å². The van der Waals surface area contributed by atoms with Crippen LogP contribution in [0.3, 0.4) is 0 Å². The molecule has 2 aromatic rings. The SMILES string of the molecule is CCOC(=O)c1c(NS(=O)(=O)c2ccc(F)c(C)c2)sc2c1CCCC2. The van der Waals surface area contributed by atoms with Crippen LogP contribution in [0, 0.1) is 12.7 Å². The van der Waals surface area contributed by atoms with E-state index in [1.807, 2.05) is 0 Å². The average molecular weight is 397 g/mol. The largest absolute Gasteiger partial charge is 0.462 e. The molecular formula is C18H20FNO4S2. The molecule has 1 heterocycles. The average Bonchev–Trinajstić information content (AvgIpc) is 2.94. The summed E-state index contributed by atoms with van der Waals surface area (Å²) in [6.45, 7) is 3.43. The molecule has 0 saturated heterocycles. The Hall–Kier alpha value is -1.93. The van der Waals surface area contributed by atoms with Gasteiger partial charge >= 0.3 is 5.97 Å². The molecule has 0 atom stereocenters. The topological polar surface area (TPSA) is 72.5 Å². The molecule has 0 unspecified atom stereocenters. The first-order chi connectivity index (χ1) is 12.3. The number of fused-ring (bicyclic) bond motifs is 1. The third-order valence-corrected chi connectivity index (χ3v) is 7.00. The molecule has 0 radical (unpaired) electrons. The Bertz CT molecular complexity index is 950. The van der Waals surface area contributed by atoms with Crippen LogP contribution in [0.25, 0.3) is 0 Å². The predicted molar refractivity (Wildman–Crippen MR) is 98.9 cm³/mol. The Balaban J connectivity index is 2.02. The van der Waals surface area contributed by atoms with Crippen LogP contribution >= 0.6 is 11.3 Å². The maximum Gasteiger partial charge on any atom is 0.341 e. The quantitative estimate of drug-likeness (QED) is 0.773. The Morgan fingerprint density at radius 2 is 2.04 bits per heavy atom. The number of hydrogen-bond donors (Lipinski definition) is 1. The monoisotopic (exact) mass is 397 g/mol. The van der Waals surface area contributed by atoms with E-state index in [2.05, 4.69) is 4.72 Å². The fraction of sp³-hybridized carbons (Fsp3) is 0.389. The Kier molecular flexibility index (Phi) is 5.34. The van der Waals surface area contributed by atoms with E-state index in [9.17, 15) is 17.6 Å². The fourth-order valence-electron chi connectivity index (χ4n) is 3.02. The van der Waals surface area contributed by atoms with Crippen LogP contribution in [0.1, 0.15) is 46.1 Å². The van der Waals surface area contributed by atoms with Crippen molar-refractivity contribution in [2.45, 2.75) is 44.4 Å². The third kappa shape index (κ3) is 3.61. The number of carbonyl (C=O) groups is 1. The van der Waals surface area contributed by atoms with E-state index >= 15 is 0 Å². The molecule has 0 bridgehead atoms. The lowest BCUT2D eigenvalue weighted by Crippen LogP contribution is -2.16. The molecule has 140 valence electrons. The zero-order valence-electron chi connectivity index (χ0n) is 14.6. The van der Waals surface area contributed by atoms with Gasteiger partial charge in [-0.2, -0.15) is 0 Å². The normalized spacial score (nSPS) is 14.0. The van der Waals surface area contributed by atoms with Gasteiger partial charge in [-0.3, -0.25) is 4.72 Å². The van der Waals surface area contributed by atoms with Crippen molar-refractivity contribution in [3.05, 3.63) is 45.6 Å². The molecule has 8 heteroatoms. The van der Waals surface area contributed by atoms with E-state index in [0.29, 0.717) is 5.56 Å². The Labute approximate surface area is 156 Å². The van der Waals surface area contributed by atoms with Gasteiger partial charge in [0, 0.05) is 4.88 Å². The summed E-state index contributed by atoms with van der Waals surface area (Å²) in [6.07, 6.45) is 3.53. The first kappa shape index (κ1) is 18.8. The van der Waals surface area contributed by atoms with Crippen molar-refractivity contribution in [3.8, 4) is 0 Å². The second kappa shape index (κ2) is 7.36. The number of sulfonamides is 1. The van der Waals surface area contributed by atoms with Crippen LogP contribution in [0.4, 0.5) is 9.39 Å². The number of halogens is 1. The molecule has 0 amide bonds. The van der Waals surface area contributed by atoms with Crippen LogP contribution in [0.2, 0.25) is 0 Å². The fourth-order valence-corrected chi connectivity index (χ4v) is 5.69. The predicted octanol–water partition coefficient (Wildman–Crippen LogP) is 4.05. The van der Waals surface area contributed by atoms with E-state index < -0.39 is 21.8 Å². The lowest BCUT2D eigenvalue weighted by Gasteiger charge is -2.12. The minimum Gasteiger partial charge on any atom is -0.462 e. The second-order valence-electron chi connectivity index (χ2n) is 6.15. The Morgan fingerprint density at radius 3 is 2.73 bits per heavy atom. The summed E-state index contributed by atoms with van der Waals surface area (Å²) in [6, 6.07) is 3.60. The number of ether oxygens (including phenoxy) is 1. The summed E-state index contributed by atoms with van der Waals surface area (Å²) < 4.78 is 46.6. The number of anilines is 1. The summed E-state index contributed by atoms with van der Waals surface area (Å²) in [5.41, 5.74) is 1.44. The molecule has 1 N–H and O–H groups in total. The number of thiophene rings is 1.